The molecule has 0 bridgehead atoms. The summed E-state index contributed by atoms with van der Waals surface area (Å²) in [4.78, 5) is 11.5. The van der Waals surface area contributed by atoms with E-state index in [1.165, 1.54) is 0 Å². The molecule has 2 atom stereocenters. The maximum absolute atomic E-state index is 11.5. The van der Waals surface area contributed by atoms with Gasteiger partial charge in [0.25, 0.3) is 0 Å². The minimum Gasteiger partial charge on any atom is -0.508 e. The minimum atomic E-state index is -0.846. The second-order valence-electron chi connectivity index (χ2n) is 8.11. The third-order valence-corrected chi connectivity index (χ3v) is 5.09. The van der Waals surface area contributed by atoms with Crippen molar-refractivity contribution in [2.24, 2.45) is 23.5 Å². The van der Waals surface area contributed by atoms with E-state index in [1.54, 1.807) is 48.5 Å². The molecule has 0 aromatic heterocycles. The van der Waals surface area contributed by atoms with Gasteiger partial charge in [0.1, 0.15) is 28.6 Å². The van der Waals surface area contributed by atoms with Crippen LogP contribution in [0.15, 0.2) is 48.5 Å². The Hall–Kier alpha value is -3.09. The van der Waals surface area contributed by atoms with Crippen LogP contribution >= 0.6 is 0 Å². The molecule has 2 unspecified atom stereocenters. The first kappa shape index (κ1) is 23.2. The third-order valence-electron chi connectivity index (χ3n) is 5.09. The summed E-state index contributed by atoms with van der Waals surface area (Å²) < 4.78 is 17.2. The summed E-state index contributed by atoms with van der Waals surface area (Å²) in [5.41, 5.74) is 4.46. The predicted octanol–water partition coefficient (Wildman–Crippen LogP) is 4.32. The molecule has 0 heterocycles. The Balaban J connectivity index is 2.10. The van der Waals surface area contributed by atoms with Gasteiger partial charge in [0.15, 0.2) is 0 Å². The van der Waals surface area contributed by atoms with Crippen LogP contribution in [0.25, 0.3) is 0 Å². The van der Waals surface area contributed by atoms with E-state index < -0.39 is 11.7 Å². The average Bonchev–Trinajstić information content (AvgIpc) is 2.66. The van der Waals surface area contributed by atoms with Crippen LogP contribution in [0.3, 0.4) is 0 Å². The van der Waals surface area contributed by atoms with Gasteiger partial charge < -0.3 is 30.2 Å². The standard InChI is InChI=1S/C23H31NO6/c1-15(13-28-19-9-5-17(25)6-10-19)21(23(3,4)30-22(24)27)16(2)14-29-20-11-7-18(26)8-12-20/h5-12,15-16,21,25-26H,13-14H2,1-4H3,(H2,24,27). The highest BCUT2D eigenvalue weighted by Gasteiger charge is 2.41. The Morgan fingerprint density at radius 1 is 0.867 bits per heavy atom. The molecule has 0 spiro atoms. The fourth-order valence-corrected chi connectivity index (χ4v) is 4.01. The Morgan fingerprint density at radius 3 is 1.57 bits per heavy atom. The molecule has 0 aliphatic heterocycles. The van der Waals surface area contributed by atoms with Crippen molar-refractivity contribution in [3.05, 3.63) is 48.5 Å². The highest BCUT2D eigenvalue weighted by molar-refractivity contribution is 5.65. The zero-order chi connectivity index (χ0) is 22.3. The minimum absolute atomic E-state index is 0.00780. The largest absolute Gasteiger partial charge is 0.508 e. The number of ether oxygens (including phenoxy) is 3. The molecule has 0 saturated heterocycles. The van der Waals surface area contributed by atoms with Gasteiger partial charge in [-0.15, -0.1) is 0 Å². The van der Waals surface area contributed by atoms with Crippen molar-refractivity contribution in [1.29, 1.82) is 0 Å². The molecule has 2 aromatic rings. The third kappa shape index (κ3) is 6.76. The lowest BCUT2D eigenvalue weighted by molar-refractivity contribution is -0.0563. The summed E-state index contributed by atoms with van der Waals surface area (Å²) >= 11 is 0. The lowest BCUT2D eigenvalue weighted by atomic mass is 9.73. The van der Waals surface area contributed by atoms with Gasteiger partial charge in [0, 0.05) is 5.92 Å². The van der Waals surface area contributed by atoms with Gasteiger partial charge in [-0.2, -0.15) is 0 Å². The van der Waals surface area contributed by atoms with Crippen molar-refractivity contribution in [2.75, 3.05) is 13.2 Å². The smallest absolute Gasteiger partial charge is 0.405 e. The summed E-state index contributed by atoms with van der Waals surface area (Å²) in [5.74, 6) is 1.48. The number of phenolic OH excluding ortho intramolecular Hbond substituents is 2. The molecule has 164 valence electrons. The Bertz CT molecular complexity index is 748. The molecular weight excluding hydrogens is 386 g/mol. The number of nitrogens with two attached hydrogens (primary N) is 1. The van der Waals surface area contributed by atoms with Gasteiger partial charge in [0.05, 0.1) is 13.2 Å². The number of primary amides is 1. The van der Waals surface area contributed by atoms with E-state index >= 15 is 0 Å². The Kier molecular flexibility index (Phi) is 7.80. The number of aromatic hydroxyl groups is 2. The fraction of sp³-hybridized carbons (Fsp3) is 0.435. The number of carbonyl (C=O) groups excluding carboxylic acids is 1. The van der Waals surface area contributed by atoms with Crippen LogP contribution < -0.4 is 15.2 Å². The molecule has 0 aliphatic carbocycles. The molecule has 0 radical (unpaired) electrons. The van der Waals surface area contributed by atoms with E-state index in [2.05, 4.69) is 0 Å². The van der Waals surface area contributed by atoms with Crippen LogP contribution in [-0.4, -0.2) is 35.1 Å². The zero-order valence-corrected chi connectivity index (χ0v) is 17.9. The van der Waals surface area contributed by atoms with E-state index in [9.17, 15) is 15.0 Å². The summed E-state index contributed by atoms with van der Waals surface area (Å²) in [6.07, 6.45) is -0.830. The summed E-state index contributed by atoms with van der Waals surface area (Å²) in [6.45, 7) is 8.46. The maximum atomic E-state index is 11.5. The Labute approximate surface area is 177 Å². The number of benzene rings is 2. The monoisotopic (exact) mass is 417 g/mol. The van der Waals surface area contributed by atoms with Crippen LogP contribution in [-0.2, 0) is 4.74 Å². The first-order chi connectivity index (χ1) is 14.1. The van der Waals surface area contributed by atoms with Gasteiger partial charge >= 0.3 is 6.09 Å². The van der Waals surface area contributed by atoms with E-state index in [0.717, 1.165) is 0 Å². The summed E-state index contributed by atoms with van der Waals surface area (Å²) in [5, 5.41) is 18.8. The maximum Gasteiger partial charge on any atom is 0.405 e. The molecule has 2 aromatic carbocycles. The van der Waals surface area contributed by atoms with Gasteiger partial charge in [-0.3, -0.25) is 0 Å². The van der Waals surface area contributed by atoms with E-state index in [4.69, 9.17) is 19.9 Å². The SMILES string of the molecule is CC(COc1ccc(O)cc1)C(C(C)COc1ccc(O)cc1)C(C)(C)OC(N)=O. The number of rotatable bonds is 10. The van der Waals surface area contributed by atoms with Crippen molar-refractivity contribution < 1.29 is 29.2 Å². The number of hydrogen-bond acceptors (Lipinski definition) is 6. The second kappa shape index (κ2) is 10.1. The second-order valence-corrected chi connectivity index (χ2v) is 8.11. The van der Waals surface area contributed by atoms with Crippen LogP contribution in [0.5, 0.6) is 23.0 Å². The van der Waals surface area contributed by atoms with E-state index in [-0.39, 0.29) is 29.3 Å². The van der Waals surface area contributed by atoms with Gasteiger partial charge in [-0.25, -0.2) is 4.79 Å². The molecule has 1 amide bonds. The molecular formula is C23H31NO6. The molecule has 0 aliphatic rings. The lowest BCUT2D eigenvalue weighted by Gasteiger charge is -2.40. The highest BCUT2D eigenvalue weighted by Crippen LogP contribution is 2.36. The van der Waals surface area contributed by atoms with E-state index in [1.807, 2.05) is 27.7 Å². The predicted molar refractivity (Wildman–Crippen MR) is 114 cm³/mol. The molecule has 2 rings (SSSR count). The molecule has 7 heteroatoms. The van der Waals surface area contributed by atoms with Crippen molar-refractivity contribution >= 4 is 6.09 Å². The fourth-order valence-electron chi connectivity index (χ4n) is 4.01. The number of carbonyl (C=O) groups is 1. The van der Waals surface area contributed by atoms with Crippen LogP contribution in [0.4, 0.5) is 4.79 Å². The van der Waals surface area contributed by atoms with E-state index in [0.29, 0.717) is 24.7 Å². The van der Waals surface area contributed by atoms with Gasteiger partial charge in [-0.1, -0.05) is 13.8 Å². The number of phenols is 2. The van der Waals surface area contributed by atoms with Gasteiger partial charge in [0.2, 0.25) is 0 Å². The molecule has 0 fully saturated rings. The van der Waals surface area contributed by atoms with Crippen molar-refractivity contribution in [3.8, 4) is 23.0 Å². The summed E-state index contributed by atoms with van der Waals surface area (Å²) in [6, 6.07) is 13.0. The van der Waals surface area contributed by atoms with Crippen molar-refractivity contribution in [3.63, 3.8) is 0 Å². The molecule has 30 heavy (non-hydrogen) atoms. The van der Waals surface area contributed by atoms with Crippen molar-refractivity contribution in [1.82, 2.24) is 0 Å². The average molecular weight is 418 g/mol. The molecule has 4 N–H and O–H groups in total. The molecule has 0 saturated carbocycles. The lowest BCUT2D eigenvalue weighted by Crippen LogP contribution is -2.47. The first-order valence-electron chi connectivity index (χ1n) is 9.90. The summed E-state index contributed by atoms with van der Waals surface area (Å²) in [7, 11) is 0. The highest BCUT2D eigenvalue weighted by atomic mass is 16.6. The number of hydrogen-bond donors (Lipinski definition) is 3. The first-order valence-corrected chi connectivity index (χ1v) is 9.90. The zero-order valence-electron chi connectivity index (χ0n) is 17.9. The Morgan fingerprint density at radius 2 is 1.23 bits per heavy atom. The number of amides is 1. The van der Waals surface area contributed by atoms with Crippen LogP contribution in [0.2, 0.25) is 0 Å². The van der Waals surface area contributed by atoms with Gasteiger partial charge in [-0.05, 0) is 74.2 Å². The normalized spacial score (nSPS) is 14.4. The topological polar surface area (TPSA) is 111 Å². The molecule has 7 nitrogen and oxygen atoms in total. The quantitative estimate of drug-likeness (QED) is 0.531. The van der Waals surface area contributed by atoms with Crippen LogP contribution in [0, 0.1) is 17.8 Å². The van der Waals surface area contributed by atoms with Crippen LogP contribution in [0.1, 0.15) is 27.7 Å². The van der Waals surface area contributed by atoms with Crippen molar-refractivity contribution in [2.45, 2.75) is 33.3 Å².